The topological polar surface area (TPSA) is 74.5 Å². The average Bonchev–Trinajstić information content (AvgIpc) is 3.06. The summed E-state index contributed by atoms with van der Waals surface area (Å²) in [6.07, 6.45) is -3.79. The average molecular weight is 356 g/mol. The molecule has 1 heterocycles. The van der Waals surface area contributed by atoms with Crippen LogP contribution in [0, 0.1) is 0 Å². The van der Waals surface area contributed by atoms with Crippen LogP contribution in [-0.2, 0) is 27.1 Å². The summed E-state index contributed by atoms with van der Waals surface area (Å²) in [7, 11) is 0. The van der Waals surface area contributed by atoms with Crippen LogP contribution in [0.25, 0.3) is 11.4 Å². The summed E-state index contributed by atoms with van der Waals surface area (Å²) in [4.78, 5) is 15.6. The molecule has 1 aromatic carbocycles. The number of hydrogen-bond donors (Lipinski definition) is 0. The maximum Gasteiger partial charge on any atom is 0.416 e. The van der Waals surface area contributed by atoms with Gasteiger partial charge < -0.3 is 14.0 Å². The molecule has 6 nitrogen and oxygen atoms in total. The SMILES string of the molecule is C=CCOC(C)C(=O)OCc1nc(-c2cccc(C(F)(F)F)c2)no1. The Morgan fingerprint density at radius 2 is 2.20 bits per heavy atom. The van der Waals surface area contributed by atoms with E-state index in [1.165, 1.54) is 25.1 Å². The van der Waals surface area contributed by atoms with Crippen molar-refractivity contribution >= 4 is 5.97 Å². The van der Waals surface area contributed by atoms with Crippen molar-refractivity contribution in [2.75, 3.05) is 6.61 Å². The zero-order chi connectivity index (χ0) is 18.4. The standard InChI is InChI=1S/C16H15F3N2O4/c1-3-7-23-10(2)15(22)24-9-13-20-14(21-25-13)11-5-4-6-12(8-11)16(17,18)19/h3-6,8,10H,1,7,9H2,2H3. The highest BCUT2D eigenvalue weighted by Gasteiger charge is 2.30. The largest absolute Gasteiger partial charge is 0.454 e. The van der Waals surface area contributed by atoms with Gasteiger partial charge in [-0.1, -0.05) is 23.4 Å². The molecule has 9 heteroatoms. The van der Waals surface area contributed by atoms with E-state index in [1.807, 2.05) is 0 Å². The Balaban J connectivity index is 2.01. The molecule has 1 aromatic heterocycles. The van der Waals surface area contributed by atoms with Crippen molar-refractivity contribution < 1.29 is 32.0 Å². The molecule has 0 aliphatic carbocycles. The summed E-state index contributed by atoms with van der Waals surface area (Å²) in [5.74, 6) is -0.717. The lowest BCUT2D eigenvalue weighted by atomic mass is 10.1. The summed E-state index contributed by atoms with van der Waals surface area (Å²) < 4.78 is 53.1. The number of halogens is 3. The highest BCUT2D eigenvalue weighted by atomic mass is 19.4. The van der Waals surface area contributed by atoms with E-state index in [-0.39, 0.29) is 30.5 Å². The van der Waals surface area contributed by atoms with Gasteiger partial charge in [0.25, 0.3) is 5.89 Å². The molecule has 0 radical (unpaired) electrons. The number of hydrogen-bond acceptors (Lipinski definition) is 6. The Morgan fingerprint density at radius 1 is 1.44 bits per heavy atom. The zero-order valence-corrected chi connectivity index (χ0v) is 13.2. The smallest absolute Gasteiger partial charge is 0.416 e. The molecule has 134 valence electrons. The predicted molar refractivity (Wildman–Crippen MR) is 80.1 cm³/mol. The second-order valence-electron chi connectivity index (χ2n) is 4.96. The lowest BCUT2D eigenvalue weighted by Crippen LogP contribution is -2.23. The van der Waals surface area contributed by atoms with Gasteiger partial charge in [-0.25, -0.2) is 4.79 Å². The summed E-state index contributed by atoms with van der Waals surface area (Å²) in [6.45, 7) is 4.84. The van der Waals surface area contributed by atoms with Gasteiger partial charge in [0.05, 0.1) is 12.2 Å². The second-order valence-corrected chi connectivity index (χ2v) is 4.96. The Bertz CT molecular complexity index is 743. The first-order chi connectivity index (χ1) is 11.8. The van der Waals surface area contributed by atoms with Crippen LogP contribution >= 0.6 is 0 Å². The van der Waals surface area contributed by atoms with Gasteiger partial charge in [-0.2, -0.15) is 18.2 Å². The van der Waals surface area contributed by atoms with Crippen LogP contribution in [0.1, 0.15) is 18.4 Å². The Labute approximate surface area is 141 Å². The molecule has 1 atom stereocenters. The minimum atomic E-state index is -4.47. The Kier molecular flexibility index (Phi) is 5.92. The van der Waals surface area contributed by atoms with Crippen molar-refractivity contribution in [1.82, 2.24) is 10.1 Å². The van der Waals surface area contributed by atoms with Crippen LogP contribution in [0.5, 0.6) is 0 Å². The third-order valence-electron chi connectivity index (χ3n) is 3.05. The van der Waals surface area contributed by atoms with Gasteiger partial charge in [-0.15, -0.1) is 6.58 Å². The summed E-state index contributed by atoms with van der Waals surface area (Å²) >= 11 is 0. The van der Waals surface area contributed by atoms with E-state index < -0.39 is 23.8 Å². The molecular formula is C16H15F3N2O4. The summed E-state index contributed by atoms with van der Waals surface area (Å²) in [5.41, 5.74) is -0.685. The fourth-order valence-corrected chi connectivity index (χ4v) is 1.80. The number of alkyl halides is 3. The lowest BCUT2D eigenvalue weighted by molar-refractivity contribution is -0.157. The monoisotopic (exact) mass is 356 g/mol. The van der Waals surface area contributed by atoms with Crippen LogP contribution in [0.4, 0.5) is 13.2 Å². The number of nitrogens with zero attached hydrogens (tertiary/aromatic N) is 2. The molecule has 0 saturated carbocycles. The zero-order valence-electron chi connectivity index (χ0n) is 13.2. The number of ether oxygens (including phenoxy) is 2. The number of carbonyl (C=O) groups excluding carboxylic acids is 1. The first-order valence-electron chi connectivity index (χ1n) is 7.20. The number of benzene rings is 1. The molecule has 0 aliphatic heterocycles. The van der Waals surface area contributed by atoms with Crippen molar-refractivity contribution in [2.45, 2.75) is 25.8 Å². The molecule has 0 N–H and O–H groups in total. The highest BCUT2D eigenvalue weighted by Crippen LogP contribution is 2.31. The van der Waals surface area contributed by atoms with Gasteiger partial charge in [0.2, 0.25) is 5.82 Å². The van der Waals surface area contributed by atoms with Crippen LogP contribution in [0.2, 0.25) is 0 Å². The van der Waals surface area contributed by atoms with Gasteiger partial charge in [-0.05, 0) is 19.1 Å². The van der Waals surface area contributed by atoms with Crippen LogP contribution in [0.3, 0.4) is 0 Å². The van der Waals surface area contributed by atoms with E-state index in [2.05, 4.69) is 16.7 Å². The molecular weight excluding hydrogens is 341 g/mol. The van der Waals surface area contributed by atoms with Crippen LogP contribution < -0.4 is 0 Å². The minimum absolute atomic E-state index is 0.0342. The predicted octanol–water partition coefficient (Wildman–Crippen LogP) is 3.39. The molecule has 1 unspecified atom stereocenters. The fourth-order valence-electron chi connectivity index (χ4n) is 1.80. The number of esters is 1. The molecule has 0 aliphatic rings. The normalized spacial score (nSPS) is 12.6. The first kappa shape index (κ1) is 18.7. The van der Waals surface area contributed by atoms with Gasteiger partial charge >= 0.3 is 12.1 Å². The van der Waals surface area contributed by atoms with Gasteiger partial charge in [0.1, 0.15) is 0 Å². The first-order valence-corrected chi connectivity index (χ1v) is 7.20. The number of aromatic nitrogens is 2. The van der Waals surface area contributed by atoms with Crippen LogP contribution in [-0.4, -0.2) is 28.8 Å². The van der Waals surface area contributed by atoms with Crippen molar-refractivity contribution in [1.29, 1.82) is 0 Å². The summed E-state index contributed by atoms with van der Waals surface area (Å²) in [6, 6.07) is 4.51. The van der Waals surface area contributed by atoms with Crippen molar-refractivity contribution in [2.24, 2.45) is 0 Å². The maximum absolute atomic E-state index is 12.7. The molecule has 0 fully saturated rings. The molecule has 0 spiro atoms. The van der Waals surface area contributed by atoms with Crippen LogP contribution in [0.15, 0.2) is 41.4 Å². The van der Waals surface area contributed by atoms with E-state index in [1.54, 1.807) is 0 Å². The Hall–Kier alpha value is -2.68. The van der Waals surface area contributed by atoms with Crippen molar-refractivity contribution in [3.8, 4) is 11.4 Å². The molecule has 0 amide bonds. The summed E-state index contributed by atoms with van der Waals surface area (Å²) in [5, 5.41) is 3.59. The van der Waals surface area contributed by atoms with Crippen molar-refractivity contribution in [3.63, 3.8) is 0 Å². The van der Waals surface area contributed by atoms with E-state index >= 15 is 0 Å². The maximum atomic E-state index is 12.7. The third kappa shape index (κ3) is 5.15. The minimum Gasteiger partial charge on any atom is -0.454 e. The van der Waals surface area contributed by atoms with Gasteiger partial charge in [-0.3, -0.25) is 0 Å². The molecule has 25 heavy (non-hydrogen) atoms. The molecule has 2 aromatic rings. The molecule has 0 saturated heterocycles. The molecule has 0 bridgehead atoms. The lowest BCUT2D eigenvalue weighted by Gasteiger charge is -2.09. The van der Waals surface area contributed by atoms with Crippen molar-refractivity contribution in [3.05, 3.63) is 48.4 Å². The van der Waals surface area contributed by atoms with Gasteiger partial charge in [0.15, 0.2) is 12.7 Å². The third-order valence-corrected chi connectivity index (χ3v) is 3.05. The van der Waals surface area contributed by atoms with E-state index in [0.29, 0.717) is 0 Å². The number of carbonyl (C=O) groups is 1. The quantitative estimate of drug-likeness (QED) is 0.559. The number of rotatable bonds is 7. The molecule has 2 rings (SSSR count). The fraction of sp³-hybridized carbons (Fsp3) is 0.312. The van der Waals surface area contributed by atoms with Gasteiger partial charge in [0, 0.05) is 5.56 Å². The van der Waals surface area contributed by atoms with E-state index in [9.17, 15) is 18.0 Å². The highest BCUT2D eigenvalue weighted by molar-refractivity contribution is 5.74. The second kappa shape index (κ2) is 7.93. The van der Waals surface area contributed by atoms with E-state index in [4.69, 9.17) is 14.0 Å². The Morgan fingerprint density at radius 3 is 2.88 bits per heavy atom. The van der Waals surface area contributed by atoms with E-state index in [0.717, 1.165) is 12.1 Å².